The summed E-state index contributed by atoms with van der Waals surface area (Å²) < 4.78 is 0. The van der Waals surface area contributed by atoms with Crippen LogP contribution in [0.1, 0.15) is 40.5 Å². The van der Waals surface area contributed by atoms with Crippen molar-refractivity contribution in [2.24, 2.45) is 0 Å². The Kier molecular flexibility index (Phi) is 5.27. The van der Waals surface area contributed by atoms with Crippen molar-refractivity contribution in [3.63, 3.8) is 0 Å². The Morgan fingerprint density at radius 2 is 1.59 bits per heavy atom. The summed E-state index contributed by atoms with van der Waals surface area (Å²) in [6, 6.07) is 5.62. The number of nitrogens with one attached hydrogen (secondary N) is 3. The van der Waals surface area contributed by atoms with Gasteiger partial charge in [0.1, 0.15) is 0 Å². The van der Waals surface area contributed by atoms with Crippen molar-refractivity contribution in [3.05, 3.63) is 28.2 Å². The summed E-state index contributed by atoms with van der Waals surface area (Å²) in [5.74, 6) is 0. The number of benzene rings is 1. The molecule has 0 aromatic heterocycles. The van der Waals surface area contributed by atoms with E-state index >= 15 is 0 Å². The lowest BCUT2D eigenvalue weighted by atomic mass is 9.80. The van der Waals surface area contributed by atoms with Crippen LogP contribution < -0.4 is 16.0 Å². The first-order valence-corrected chi connectivity index (χ1v) is 8.54. The van der Waals surface area contributed by atoms with Gasteiger partial charge in [-0.15, -0.1) is 0 Å². The second-order valence-corrected chi connectivity index (χ2v) is 8.54. The maximum atomic E-state index is 6.00. The van der Waals surface area contributed by atoms with E-state index < -0.39 is 0 Å². The molecule has 0 bridgehead atoms. The van der Waals surface area contributed by atoms with Gasteiger partial charge in [-0.1, -0.05) is 23.2 Å². The fourth-order valence-corrected chi connectivity index (χ4v) is 4.21. The van der Waals surface area contributed by atoms with Gasteiger partial charge in [0.15, 0.2) is 5.11 Å². The van der Waals surface area contributed by atoms with E-state index in [2.05, 4.69) is 43.6 Å². The van der Waals surface area contributed by atoms with E-state index in [0.29, 0.717) is 21.2 Å². The molecule has 0 spiro atoms. The maximum Gasteiger partial charge on any atom is 0.170 e. The number of hydrogen-bond donors (Lipinski definition) is 3. The quantitative estimate of drug-likeness (QED) is 0.675. The Morgan fingerprint density at radius 1 is 1.09 bits per heavy atom. The number of anilines is 1. The molecule has 0 aliphatic carbocycles. The number of halogens is 2. The summed E-state index contributed by atoms with van der Waals surface area (Å²) in [4.78, 5) is 0. The minimum Gasteiger partial charge on any atom is -0.360 e. The molecule has 1 aromatic carbocycles. The monoisotopic (exact) mass is 359 g/mol. The second kappa shape index (κ2) is 6.52. The van der Waals surface area contributed by atoms with E-state index in [9.17, 15) is 0 Å². The molecule has 0 saturated carbocycles. The second-order valence-electron chi connectivity index (χ2n) is 7.25. The van der Waals surface area contributed by atoms with Gasteiger partial charge in [-0.25, -0.2) is 0 Å². The lowest BCUT2D eigenvalue weighted by Gasteiger charge is -2.46. The van der Waals surface area contributed by atoms with Gasteiger partial charge in [-0.05, 0) is 71.0 Å². The topological polar surface area (TPSA) is 36.1 Å². The molecule has 0 radical (unpaired) electrons. The zero-order chi connectivity index (χ0) is 16.5. The average molecular weight is 360 g/mol. The van der Waals surface area contributed by atoms with Gasteiger partial charge in [0.25, 0.3) is 0 Å². The first kappa shape index (κ1) is 17.8. The minimum absolute atomic E-state index is 0.0778. The van der Waals surface area contributed by atoms with Gasteiger partial charge in [0.05, 0.1) is 0 Å². The third-order valence-electron chi connectivity index (χ3n) is 3.65. The van der Waals surface area contributed by atoms with Gasteiger partial charge >= 0.3 is 0 Å². The molecule has 122 valence electrons. The summed E-state index contributed by atoms with van der Waals surface area (Å²) in [5, 5.41) is 12.0. The third kappa shape index (κ3) is 5.27. The number of thiocarbonyl (C=S) groups is 1. The van der Waals surface area contributed by atoms with Gasteiger partial charge in [-0.3, -0.25) is 0 Å². The highest BCUT2D eigenvalue weighted by molar-refractivity contribution is 7.80. The van der Waals surface area contributed by atoms with E-state index in [-0.39, 0.29) is 11.1 Å². The predicted molar refractivity (Wildman–Crippen MR) is 100 cm³/mol. The number of hydrogen-bond acceptors (Lipinski definition) is 2. The Morgan fingerprint density at radius 3 is 2.09 bits per heavy atom. The van der Waals surface area contributed by atoms with E-state index in [0.717, 1.165) is 18.5 Å². The number of rotatable bonds is 2. The van der Waals surface area contributed by atoms with Crippen LogP contribution in [0.15, 0.2) is 18.2 Å². The van der Waals surface area contributed by atoms with Crippen molar-refractivity contribution < 1.29 is 0 Å². The van der Waals surface area contributed by atoms with Crippen LogP contribution in [0.2, 0.25) is 10.0 Å². The van der Waals surface area contributed by atoms with E-state index in [1.165, 1.54) is 0 Å². The predicted octanol–water partition coefficient (Wildman–Crippen LogP) is 4.59. The molecule has 1 fully saturated rings. The lowest BCUT2D eigenvalue weighted by molar-refractivity contribution is 0.156. The average Bonchev–Trinajstić information content (AvgIpc) is 2.21. The molecular formula is C16H23Cl2N3S. The van der Waals surface area contributed by atoms with Crippen LogP contribution in [0.3, 0.4) is 0 Å². The Hall–Kier alpha value is -0.550. The molecule has 1 saturated heterocycles. The molecule has 1 heterocycles. The Labute approximate surface area is 148 Å². The van der Waals surface area contributed by atoms with Crippen LogP contribution in [-0.2, 0) is 0 Å². The van der Waals surface area contributed by atoms with Crippen LogP contribution in [-0.4, -0.2) is 22.2 Å². The van der Waals surface area contributed by atoms with E-state index in [4.69, 9.17) is 35.4 Å². The zero-order valence-corrected chi connectivity index (χ0v) is 15.7. The standard InChI is InChI=1S/C16H23Cl2N3S/c1-15(2)8-13(9-16(3,4)21-15)20-14(22)19-12-6-10(17)5-11(18)7-12/h5-7,13,21H,8-9H2,1-4H3,(H2,19,20,22). The summed E-state index contributed by atoms with van der Waals surface area (Å²) in [6.45, 7) is 8.87. The highest BCUT2D eigenvalue weighted by Crippen LogP contribution is 2.28. The molecule has 0 unspecified atom stereocenters. The summed E-state index contributed by atoms with van der Waals surface area (Å²) in [7, 11) is 0. The molecular weight excluding hydrogens is 337 g/mol. The van der Waals surface area contributed by atoms with Crippen LogP contribution in [0, 0.1) is 0 Å². The normalized spacial score (nSPS) is 20.5. The number of piperidine rings is 1. The van der Waals surface area contributed by atoms with Crippen molar-refractivity contribution in [2.75, 3.05) is 5.32 Å². The molecule has 0 amide bonds. The fraction of sp³-hybridized carbons (Fsp3) is 0.562. The van der Waals surface area contributed by atoms with Gasteiger partial charge < -0.3 is 16.0 Å². The molecule has 0 atom stereocenters. The molecule has 3 N–H and O–H groups in total. The molecule has 6 heteroatoms. The molecule has 1 aromatic rings. The van der Waals surface area contributed by atoms with Crippen molar-refractivity contribution in [1.82, 2.24) is 10.6 Å². The highest BCUT2D eigenvalue weighted by Gasteiger charge is 2.37. The van der Waals surface area contributed by atoms with E-state index in [1.807, 2.05) is 0 Å². The largest absolute Gasteiger partial charge is 0.360 e. The minimum atomic E-state index is 0.0778. The lowest BCUT2D eigenvalue weighted by Crippen LogP contribution is -2.62. The summed E-state index contributed by atoms with van der Waals surface area (Å²) in [6.07, 6.45) is 2.02. The zero-order valence-electron chi connectivity index (χ0n) is 13.4. The summed E-state index contributed by atoms with van der Waals surface area (Å²) in [5.41, 5.74) is 0.949. The third-order valence-corrected chi connectivity index (χ3v) is 4.30. The molecule has 1 aliphatic heterocycles. The van der Waals surface area contributed by atoms with Gasteiger partial charge in [0, 0.05) is 32.9 Å². The Balaban J connectivity index is 1.99. The highest BCUT2D eigenvalue weighted by atomic mass is 35.5. The van der Waals surface area contributed by atoms with Gasteiger partial charge in [0.2, 0.25) is 0 Å². The Bertz CT molecular complexity index is 536. The molecule has 3 nitrogen and oxygen atoms in total. The molecule has 22 heavy (non-hydrogen) atoms. The van der Waals surface area contributed by atoms with Crippen molar-refractivity contribution >= 4 is 46.2 Å². The van der Waals surface area contributed by atoms with Crippen molar-refractivity contribution in [2.45, 2.75) is 57.7 Å². The SMILES string of the molecule is CC1(C)CC(NC(=S)Nc2cc(Cl)cc(Cl)c2)CC(C)(C)N1. The van der Waals surface area contributed by atoms with Crippen LogP contribution in [0.5, 0.6) is 0 Å². The van der Waals surface area contributed by atoms with E-state index in [1.54, 1.807) is 18.2 Å². The first-order valence-electron chi connectivity index (χ1n) is 7.38. The molecule has 1 aliphatic rings. The smallest absolute Gasteiger partial charge is 0.170 e. The first-order chi connectivity index (χ1) is 10.0. The maximum absolute atomic E-state index is 6.00. The van der Waals surface area contributed by atoms with Crippen molar-refractivity contribution in [3.8, 4) is 0 Å². The van der Waals surface area contributed by atoms with Crippen LogP contribution >= 0.6 is 35.4 Å². The van der Waals surface area contributed by atoms with Crippen LogP contribution in [0.25, 0.3) is 0 Å². The van der Waals surface area contributed by atoms with Crippen LogP contribution in [0.4, 0.5) is 5.69 Å². The van der Waals surface area contributed by atoms with Crippen molar-refractivity contribution in [1.29, 1.82) is 0 Å². The van der Waals surface area contributed by atoms with Gasteiger partial charge in [-0.2, -0.15) is 0 Å². The molecule has 2 rings (SSSR count). The fourth-order valence-electron chi connectivity index (χ4n) is 3.40. The summed E-state index contributed by atoms with van der Waals surface area (Å²) >= 11 is 17.4.